The number of hydrogen-bond donors (Lipinski definition) is 3. The third-order valence-corrected chi connectivity index (χ3v) is 3.93. The molecule has 0 saturated carbocycles. The zero-order chi connectivity index (χ0) is 20.2. The summed E-state index contributed by atoms with van der Waals surface area (Å²) < 4.78 is 76.4. The van der Waals surface area contributed by atoms with E-state index >= 15 is 0 Å². The molecular formula is C13H23F3N2O7S. The Morgan fingerprint density at radius 2 is 1.50 bits per heavy atom. The zero-order valence-electron chi connectivity index (χ0n) is 14.2. The monoisotopic (exact) mass is 408 g/mol. The first-order chi connectivity index (χ1) is 12.0. The SMILES string of the molecule is CCOC(=O)NCCCCCCNC(=O)OCC(F)C(F)(F)S(=O)(=O)O. The number of amides is 2. The van der Waals surface area contributed by atoms with Crippen molar-refractivity contribution < 1.29 is 45.2 Å². The van der Waals surface area contributed by atoms with Gasteiger partial charge in [-0.15, -0.1) is 0 Å². The van der Waals surface area contributed by atoms with E-state index in [4.69, 9.17) is 4.55 Å². The summed E-state index contributed by atoms with van der Waals surface area (Å²) >= 11 is 0. The van der Waals surface area contributed by atoms with Gasteiger partial charge in [0, 0.05) is 13.1 Å². The molecule has 0 aromatic carbocycles. The number of unbranched alkanes of at least 4 members (excludes halogenated alkanes) is 3. The number of hydrogen-bond acceptors (Lipinski definition) is 6. The maximum absolute atomic E-state index is 13.1. The molecule has 154 valence electrons. The van der Waals surface area contributed by atoms with Crippen LogP contribution in [-0.4, -0.2) is 62.9 Å². The number of nitrogens with one attached hydrogen (secondary N) is 2. The fourth-order valence-corrected chi connectivity index (χ4v) is 2.02. The first-order valence-corrected chi connectivity index (χ1v) is 9.26. The Bertz CT molecular complexity index is 546. The smallest absolute Gasteiger partial charge is 0.407 e. The van der Waals surface area contributed by atoms with Gasteiger partial charge in [0.15, 0.2) is 0 Å². The average Bonchev–Trinajstić information content (AvgIpc) is 2.54. The number of alkyl carbamates (subject to hydrolysis) is 2. The van der Waals surface area contributed by atoms with E-state index in [-0.39, 0.29) is 13.2 Å². The minimum Gasteiger partial charge on any atom is -0.450 e. The van der Waals surface area contributed by atoms with E-state index in [2.05, 4.69) is 20.1 Å². The molecule has 0 saturated heterocycles. The van der Waals surface area contributed by atoms with Crippen molar-refractivity contribution in [1.29, 1.82) is 0 Å². The maximum Gasteiger partial charge on any atom is 0.407 e. The van der Waals surface area contributed by atoms with Crippen LogP contribution in [0.15, 0.2) is 0 Å². The van der Waals surface area contributed by atoms with E-state index < -0.39 is 40.3 Å². The lowest BCUT2D eigenvalue weighted by molar-refractivity contribution is -0.0302. The standard InChI is InChI=1S/C13H23F3N2O7S/c1-2-24-11(19)17-7-5-3-4-6-8-18-12(20)25-9-10(14)13(15,16)26(21,22)23/h10H,2-9H2,1H3,(H,17,19)(H,18,20)(H,21,22,23). The molecule has 9 nitrogen and oxygen atoms in total. The molecule has 0 aliphatic carbocycles. The molecule has 2 amide bonds. The molecule has 0 fully saturated rings. The normalized spacial score (nSPS) is 13.0. The average molecular weight is 408 g/mol. The molecule has 0 spiro atoms. The minimum atomic E-state index is -5.94. The van der Waals surface area contributed by atoms with Gasteiger partial charge in [-0.05, 0) is 19.8 Å². The number of carbonyl (C=O) groups excluding carboxylic acids is 2. The Labute approximate surface area is 149 Å². The Morgan fingerprint density at radius 1 is 1.04 bits per heavy atom. The summed E-state index contributed by atoms with van der Waals surface area (Å²) in [5, 5.41) is -0.351. The quantitative estimate of drug-likeness (QED) is 0.332. The fraction of sp³-hybridized carbons (Fsp3) is 0.846. The zero-order valence-corrected chi connectivity index (χ0v) is 15.0. The third-order valence-electron chi connectivity index (χ3n) is 2.99. The van der Waals surface area contributed by atoms with Crippen LogP contribution in [0.2, 0.25) is 0 Å². The van der Waals surface area contributed by atoms with Gasteiger partial charge >= 0.3 is 27.6 Å². The molecule has 0 heterocycles. The second kappa shape index (κ2) is 11.8. The van der Waals surface area contributed by atoms with E-state index in [0.29, 0.717) is 25.8 Å². The topological polar surface area (TPSA) is 131 Å². The summed E-state index contributed by atoms with van der Waals surface area (Å²) in [5.41, 5.74) is 0. The largest absolute Gasteiger partial charge is 0.450 e. The van der Waals surface area contributed by atoms with Gasteiger partial charge in [0.25, 0.3) is 0 Å². The highest BCUT2D eigenvalue weighted by atomic mass is 32.2. The Morgan fingerprint density at radius 3 is 1.92 bits per heavy atom. The summed E-state index contributed by atoms with van der Waals surface area (Å²) in [6, 6.07) is 0. The van der Waals surface area contributed by atoms with Gasteiger partial charge < -0.3 is 20.1 Å². The van der Waals surface area contributed by atoms with E-state index in [9.17, 15) is 31.2 Å². The highest BCUT2D eigenvalue weighted by Gasteiger charge is 2.53. The molecule has 1 atom stereocenters. The highest BCUT2D eigenvalue weighted by molar-refractivity contribution is 7.86. The molecular weight excluding hydrogens is 385 g/mol. The van der Waals surface area contributed by atoms with Gasteiger partial charge in [-0.1, -0.05) is 12.8 Å². The molecule has 0 rings (SSSR count). The van der Waals surface area contributed by atoms with Crippen molar-refractivity contribution in [2.75, 3.05) is 26.3 Å². The van der Waals surface area contributed by atoms with Crippen molar-refractivity contribution in [3.05, 3.63) is 0 Å². The van der Waals surface area contributed by atoms with Crippen LogP contribution >= 0.6 is 0 Å². The number of ether oxygens (including phenoxy) is 2. The first kappa shape index (κ1) is 24.2. The van der Waals surface area contributed by atoms with E-state index in [1.807, 2.05) is 0 Å². The predicted octanol–water partition coefficient (Wildman–Crippen LogP) is 1.84. The Kier molecular flexibility index (Phi) is 11.0. The van der Waals surface area contributed by atoms with Gasteiger partial charge in [-0.2, -0.15) is 17.2 Å². The summed E-state index contributed by atoms with van der Waals surface area (Å²) in [6.45, 7) is 1.01. The predicted molar refractivity (Wildman–Crippen MR) is 84.2 cm³/mol. The molecule has 1 unspecified atom stereocenters. The van der Waals surface area contributed by atoms with Crippen molar-refractivity contribution in [2.45, 2.75) is 44.0 Å². The lowest BCUT2D eigenvalue weighted by Gasteiger charge is -2.17. The van der Waals surface area contributed by atoms with Crippen molar-refractivity contribution in [3.63, 3.8) is 0 Å². The van der Waals surface area contributed by atoms with Crippen LogP contribution in [0.3, 0.4) is 0 Å². The van der Waals surface area contributed by atoms with Gasteiger partial charge in [0.2, 0.25) is 6.17 Å². The summed E-state index contributed by atoms with van der Waals surface area (Å²) in [5.74, 6) is 0. The van der Waals surface area contributed by atoms with Crippen molar-refractivity contribution in [3.8, 4) is 0 Å². The van der Waals surface area contributed by atoms with E-state index in [1.54, 1.807) is 6.92 Å². The molecule has 0 aliphatic heterocycles. The number of halogens is 3. The van der Waals surface area contributed by atoms with E-state index in [1.165, 1.54) is 0 Å². The van der Waals surface area contributed by atoms with Gasteiger partial charge in [-0.25, -0.2) is 14.0 Å². The number of alkyl halides is 3. The van der Waals surface area contributed by atoms with Crippen molar-refractivity contribution in [2.24, 2.45) is 0 Å². The summed E-state index contributed by atoms with van der Waals surface area (Å²) in [4.78, 5) is 22.1. The molecule has 0 bridgehead atoms. The van der Waals surface area contributed by atoms with Crippen molar-refractivity contribution >= 4 is 22.3 Å². The molecule has 26 heavy (non-hydrogen) atoms. The molecule has 3 N–H and O–H groups in total. The van der Waals surface area contributed by atoms with Gasteiger partial charge in [0.05, 0.1) is 6.61 Å². The van der Waals surface area contributed by atoms with Crippen LogP contribution in [-0.2, 0) is 19.6 Å². The molecule has 0 aliphatic rings. The number of carbonyl (C=O) groups is 2. The second-order valence-corrected chi connectivity index (χ2v) is 6.59. The molecule has 0 aromatic heterocycles. The van der Waals surface area contributed by atoms with Crippen molar-refractivity contribution in [1.82, 2.24) is 10.6 Å². The lowest BCUT2D eigenvalue weighted by Crippen LogP contribution is -2.42. The highest BCUT2D eigenvalue weighted by Crippen LogP contribution is 2.27. The Hall–Kier alpha value is -1.76. The Balaban J connectivity index is 3.74. The van der Waals surface area contributed by atoms with Crippen LogP contribution in [0, 0.1) is 0 Å². The maximum atomic E-state index is 13.1. The molecule has 0 aromatic rings. The summed E-state index contributed by atoms with van der Waals surface area (Å²) in [6.07, 6.45) is -2.43. The first-order valence-electron chi connectivity index (χ1n) is 7.82. The fourth-order valence-electron chi connectivity index (χ4n) is 1.63. The van der Waals surface area contributed by atoms with Gasteiger partial charge in [0.1, 0.15) is 6.61 Å². The van der Waals surface area contributed by atoms with Crippen LogP contribution in [0.4, 0.5) is 22.8 Å². The molecule has 13 heteroatoms. The van der Waals surface area contributed by atoms with Crippen LogP contribution in [0.25, 0.3) is 0 Å². The van der Waals surface area contributed by atoms with Crippen LogP contribution < -0.4 is 10.6 Å². The van der Waals surface area contributed by atoms with Crippen LogP contribution in [0.1, 0.15) is 32.6 Å². The third kappa shape index (κ3) is 9.65. The van der Waals surface area contributed by atoms with Gasteiger partial charge in [-0.3, -0.25) is 4.55 Å². The summed E-state index contributed by atoms with van der Waals surface area (Å²) in [7, 11) is -5.94. The number of rotatable bonds is 12. The minimum absolute atomic E-state index is 0.135. The second-order valence-electron chi connectivity index (χ2n) is 5.09. The lowest BCUT2D eigenvalue weighted by atomic mass is 10.2. The van der Waals surface area contributed by atoms with E-state index in [0.717, 1.165) is 6.42 Å². The molecule has 0 radical (unpaired) electrons. The van der Waals surface area contributed by atoms with Crippen LogP contribution in [0.5, 0.6) is 0 Å².